The van der Waals surface area contributed by atoms with Crippen LogP contribution in [0.15, 0.2) is 54.8 Å². The van der Waals surface area contributed by atoms with E-state index in [1.54, 1.807) is 0 Å². The molecule has 0 radical (unpaired) electrons. The number of carbonyl (C=O) groups is 1. The van der Waals surface area contributed by atoms with Crippen molar-refractivity contribution < 1.29 is 9.53 Å². The third kappa shape index (κ3) is 4.75. The van der Waals surface area contributed by atoms with Crippen LogP contribution in [0.1, 0.15) is 53.5 Å². The standard InChI is InChI=1S/C22H31NO2/c1-20(2,23-15-11-8-12-16-23)17-21(3,4)25-19(24)22(5,6)18-13-9-7-10-14-18/h7-15H,16-17H2,1-6H3. The summed E-state index contributed by atoms with van der Waals surface area (Å²) < 4.78 is 5.98. The normalized spacial score (nSPS) is 15.4. The second-order valence-corrected chi connectivity index (χ2v) is 8.55. The van der Waals surface area contributed by atoms with Crippen molar-refractivity contribution in [3.63, 3.8) is 0 Å². The van der Waals surface area contributed by atoms with Gasteiger partial charge in [-0.3, -0.25) is 4.79 Å². The highest BCUT2D eigenvalue weighted by atomic mass is 16.6. The van der Waals surface area contributed by atoms with Gasteiger partial charge in [0.15, 0.2) is 0 Å². The maximum atomic E-state index is 12.9. The van der Waals surface area contributed by atoms with E-state index in [2.05, 4.69) is 37.1 Å². The molecule has 0 unspecified atom stereocenters. The molecule has 0 aromatic heterocycles. The fraction of sp³-hybridized carbons (Fsp3) is 0.500. The van der Waals surface area contributed by atoms with Crippen molar-refractivity contribution in [2.45, 2.75) is 64.5 Å². The number of allylic oxidation sites excluding steroid dienone is 2. The molecule has 1 aromatic rings. The van der Waals surface area contributed by atoms with Gasteiger partial charge in [0.2, 0.25) is 0 Å². The molecule has 136 valence electrons. The molecule has 0 bridgehead atoms. The summed E-state index contributed by atoms with van der Waals surface area (Å²) in [4.78, 5) is 15.2. The van der Waals surface area contributed by atoms with Crippen LogP contribution in [0, 0.1) is 0 Å². The minimum absolute atomic E-state index is 0.109. The summed E-state index contributed by atoms with van der Waals surface area (Å²) >= 11 is 0. The zero-order chi connectivity index (χ0) is 18.7. The summed E-state index contributed by atoms with van der Waals surface area (Å²) in [6.07, 6.45) is 9.09. The highest BCUT2D eigenvalue weighted by Gasteiger charge is 2.39. The topological polar surface area (TPSA) is 29.5 Å². The number of hydrogen-bond donors (Lipinski definition) is 0. The average molecular weight is 341 g/mol. The maximum Gasteiger partial charge on any atom is 0.316 e. The lowest BCUT2D eigenvalue weighted by Gasteiger charge is -2.43. The van der Waals surface area contributed by atoms with E-state index in [0.29, 0.717) is 0 Å². The van der Waals surface area contributed by atoms with Crippen LogP contribution >= 0.6 is 0 Å². The lowest BCUT2D eigenvalue weighted by Crippen LogP contribution is -2.48. The predicted octanol–water partition coefficient (Wildman–Crippen LogP) is 4.84. The van der Waals surface area contributed by atoms with E-state index < -0.39 is 11.0 Å². The number of hydrogen-bond acceptors (Lipinski definition) is 3. The van der Waals surface area contributed by atoms with Gasteiger partial charge < -0.3 is 9.64 Å². The van der Waals surface area contributed by atoms with Crippen LogP contribution < -0.4 is 0 Å². The van der Waals surface area contributed by atoms with E-state index in [1.807, 2.05) is 64.1 Å². The first-order chi connectivity index (χ1) is 11.5. The Morgan fingerprint density at radius 1 is 1.04 bits per heavy atom. The maximum absolute atomic E-state index is 12.9. The minimum atomic E-state index is -0.670. The molecule has 0 spiro atoms. The van der Waals surface area contributed by atoms with E-state index >= 15 is 0 Å². The molecular weight excluding hydrogens is 310 g/mol. The van der Waals surface area contributed by atoms with Crippen LogP contribution in [-0.4, -0.2) is 28.6 Å². The van der Waals surface area contributed by atoms with Crippen LogP contribution in [-0.2, 0) is 14.9 Å². The van der Waals surface area contributed by atoms with Crippen LogP contribution in [0.5, 0.6) is 0 Å². The molecule has 1 heterocycles. The Hall–Kier alpha value is -2.03. The Morgan fingerprint density at radius 2 is 1.68 bits per heavy atom. The zero-order valence-electron chi connectivity index (χ0n) is 16.4. The molecule has 2 rings (SSSR count). The van der Waals surface area contributed by atoms with Crippen molar-refractivity contribution in [3.8, 4) is 0 Å². The van der Waals surface area contributed by atoms with Crippen LogP contribution in [0.25, 0.3) is 0 Å². The molecule has 0 saturated heterocycles. The SMILES string of the molecule is CC(C)(CC(C)(C)N1C=CC=CC1)OC(=O)C(C)(C)c1ccccc1. The number of benzene rings is 1. The van der Waals surface area contributed by atoms with E-state index in [9.17, 15) is 4.79 Å². The number of nitrogens with zero attached hydrogens (tertiary/aromatic N) is 1. The van der Waals surface area contributed by atoms with Crippen molar-refractivity contribution in [3.05, 3.63) is 60.3 Å². The van der Waals surface area contributed by atoms with Crippen molar-refractivity contribution in [2.24, 2.45) is 0 Å². The average Bonchev–Trinajstić information content (AvgIpc) is 2.55. The van der Waals surface area contributed by atoms with Crippen molar-refractivity contribution in [1.29, 1.82) is 0 Å². The van der Waals surface area contributed by atoms with Gasteiger partial charge in [-0.25, -0.2) is 0 Å². The first-order valence-corrected chi connectivity index (χ1v) is 8.94. The summed E-state index contributed by atoms with van der Waals surface area (Å²) in [6.45, 7) is 13.1. The van der Waals surface area contributed by atoms with E-state index in [-0.39, 0.29) is 11.5 Å². The molecule has 0 fully saturated rings. The fourth-order valence-corrected chi connectivity index (χ4v) is 3.45. The van der Waals surface area contributed by atoms with E-state index in [0.717, 1.165) is 18.5 Å². The van der Waals surface area contributed by atoms with Gasteiger partial charge in [-0.15, -0.1) is 0 Å². The molecule has 3 heteroatoms. The molecule has 0 saturated carbocycles. The smallest absolute Gasteiger partial charge is 0.316 e. The largest absolute Gasteiger partial charge is 0.459 e. The molecule has 0 atom stereocenters. The number of rotatable bonds is 6. The molecule has 1 aliphatic rings. The van der Waals surface area contributed by atoms with Gasteiger partial charge in [-0.2, -0.15) is 0 Å². The molecule has 0 N–H and O–H groups in total. The van der Waals surface area contributed by atoms with Crippen molar-refractivity contribution in [2.75, 3.05) is 6.54 Å². The third-order valence-corrected chi connectivity index (χ3v) is 4.83. The molecule has 0 amide bonds. The Balaban J connectivity index is 2.08. The molecule has 0 aliphatic carbocycles. The summed E-state index contributed by atoms with van der Waals surface area (Å²) in [7, 11) is 0. The Bertz CT molecular complexity index is 654. The first-order valence-electron chi connectivity index (χ1n) is 8.94. The van der Waals surface area contributed by atoms with E-state index in [1.165, 1.54) is 0 Å². The van der Waals surface area contributed by atoms with Crippen LogP contribution in [0.4, 0.5) is 0 Å². The molecule has 3 nitrogen and oxygen atoms in total. The van der Waals surface area contributed by atoms with Gasteiger partial charge in [0, 0.05) is 18.5 Å². The highest BCUT2D eigenvalue weighted by Crippen LogP contribution is 2.33. The Kier molecular flexibility index (Phi) is 5.46. The zero-order valence-corrected chi connectivity index (χ0v) is 16.4. The monoisotopic (exact) mass is 341 g/mol. The number of ether oxygens (including phenoxy) is 1. The molecular formula is C22H31NO2. The Labute approximate surface area is 152 Å². The minimum Gasteiger partial charge on any atom is -0.459 e. The summed E-state index contributed by atoms with van der Waals surface area (Å²) in [5, 5.41) is 0. The molecule has 1 aliphatic heterocycles. The van der Waals surface area contributed by atoms with Gasteiger partial charge in [-0.1, -0.05) is 42.5 Å². The van der Waals surface area contributed by atoms with Gasteiger partial charge in [0.1, 0.15) is 5.60 Å². The highest BCUT2D eigenvalue weighted by molar-refractivity contribution is 5.82. The number of esters is 1. The van der Waals surface area contributed by atoms with E-state index in [4.69, 9.17) is 4.74 Å². The van der Waals surface area contributed by atoms with Gasteiger partial charge in [0.05, 0.1) is 5.41 Å². The van der Waals surface area contributed by atoms with Gasteiger partial charge in [0.25, 0.3) is 0 Å². The van der Waals surface area contributed by atoms with Gasteiger partial charge >= 0.3 is 5.97 Å². The van der Waals surface area contributed by atoms with Crippen molar-refractivity contribution in [1.82, 2.24) is 4.90 Å². The Morgan fingerprint density at radius 3 is 2.24 bits per heavy atom. The third-order valence-electron chi connectivity index (χ3n) is 4.83. The first kappa shape index (κ1) is 19.3. The van der Waals surface area contributed by atoms with Crippen LogP contribution in [0.2, 0.25) is 0 Å². The quantitative estimate of drug-likeness (QED) is 0.693. The molecule has 1 aromatic carbocycles. The van der Waals surface area contributed by atoms with Crippen LogP contribution in [0.3, 0.4) is 0 Å². The lowest BCUT2D eigenvalue weighted by molar-refractivity contribution is -0.165. The second kappa shape index (κ2) is 7.07. The summed E-state index contributed by atoms with van der Waals surface area (Å²) in [5.74, 6) is -0.186. The second-order valence-electron chi connectivity index (χ2n) is 8.55. The summed E-state index contributed by atoms with van der Waals surface area (Å²) in [5.41, 5.74) is -0.362. The predicted molar refractivity (Wildman–Crippen MR) is 103 cm³/mol. The van der Waals surface area contributed by atoms with Crippen molar-refractivity contribution >= 4 is 5.97 Å². The summed E-state index contributed by atoms with van der Waals surface area (Å²) in [6, 6.07) is 9.81. The lowest BCUT2D eigenvalue weighted by atomic mass is 9.83. The fourth-order valence-electron chi connectivity index (χ4n) is 3.45. The van der Waals surface area contributed by atoms with Gasteiger partial charge in [-0.05, 0) is 59.4 Å². The number of carbonyl (C=O) groups excluding carboxylic acids is 1. The molecule has 25 heavy (non-hydrogen) atoms.